The van der Waals surface area contributed by atoms with Gasteiger partial charge in [-0.05, 0) is 55.3 Å². The van der Waals surface area contributed by atoms with Gasteiger partial charge in [0.25, 0.3) is 0 Å². The second-order valence-corrected chi connectivity index (χ2v) is 12.1. The fourth-order valence-electron chi connectivity index (χ4n) is 5.74. The summed E-state index contributed by atoms with van der Waals surface area (Å²) in [4.78, 5) is 42.5. The molecule has 1 rings (SSSR count). The molecule has 0 heterocycles. The van der Waals surface area contributed by atoms with Crippen LogP contribution in [0.3, 0.4) is 0 Å². The lowest BCUT2D eigenvalue weighted by Gasteiger charge is -2.47. The Morgan fingerprint density at radius 3 is 2.09 bits per heavy atom. The Labute approximate surface area is 214 Å². The van der Waals surface area contributed by atoms with Crippen LogP contribution in [0.15, 0.2) is 0 Å². The summed E-state index contributed by atoms with van der Waals surface area (Å²) in [5, 5.41) is 6.22. The number of urea groups is 2. The van der Waals surface area contributed by atoms with Gasteiger partial charge in [0.2, 0.25) is 5.91 Å². The number of carbonyl (C=O) groups is 3. The van der Waals surface area contributed by atoms with Crippen molar-refractivity contribution >= 4 is 18.0 Å². The predicted octanol–water partition coefficient (Wildman–Crippen LogP) is 4.55. The third-order valence-electron chi connectivity index (χ3n) is 7.29. The second kappa shape index (κ2) is 13.9. The van der Waals surface area contributed by atoms with E-state index in [0.717, 1.165) is 44.9 Å². The molecule has 3 unspecified atom stereocenters. The molecule has 0 spiro atoms. The molecule has 1 saturated carbocycles. The molecule has 204 valence electrons. The molecule has 0 aromatic heterocycles. The summed E-state index contributed by atoms with van der Waals surface area (Å²) in [7, 11) is 7.22. The summed E-state index contributed by atoms with van der Waals surface area (Å²) in [5.74, 6) is 0.507. The number of hydrogen-bond donors (Lipinski definition) is 2. The Hall–Kier alpha value is -1.99. The van der Waals surface area contributed by atoms with E-state index in [9.17, 15) is 14.4 Å². The van der Waals surface area contributed by atoms with Gasteiger partial charge in [-0.25, -0.2) is 9.59 Å². The van der Waals surface area contributed by atoms with Crippen LogP contribution in [-0.4, -0.2) is 86.5 Å². The second-order valence-electron chi connectivity index (χ2n) is 12.1. The molecule has 0 bridgehead atoms. The van der Waals surface area contributed by atoms with Gasteiger partial charge >= 0.3 is 12.1 Å². The lowest BCUT2D eigenvalue weighted by molar-refractivity contribution is -0.130. The first-order valence-electron chi connectivity index (χ1n) is 13.4. The molecular weight excluding hydrogens is 442 g/mol. The van der Waals surface area contributed by atoms with Gasteiger partial charge in [-0.15, -0.1) is 0 Å². The number of nitrogens with one attached hydrogen (secondary N) is 2. The van der Waals surface area contributed by atoms with E-state index in [2.05, 4.69) is 45.3 Å². The number of amides is 5. The van der Waals surface area contributed by atoms with Crippen molar-refractivity contribution in [1.29, 1.82) is 0 Å². The van der Waals surface area contributed by atoms with Gasteiger partial charge in [-0.1, -0.05) is 41.0 Å². The zero-order valence-electron chi connectivity index (χ0n) is 24.0. The molecule has 0 radical (unpaired) electrons. The highest BCUT2D eigenvalue weighted by Crippen LogP contribution is 2.49. The molecular formula is C27H53N5O3. The van der Waals surface area contributed by atoms with Crippen molar-refractivity contribution in [1.82, 2.24) is 25.3 Å². The molecule has 1 aliphatic carbocycles. The van der Waals surface area contributed by atoms with Gasteiger partial charge in [0.05, 0.1) is 0 Å². The van der Waals surface area contributed by atoms with Crippen LogP contribution in [0.5, 0.6) is 0 Å². The Balaban J connectivity index is 2.50. The third-order valence-corrected chi connectivity index (χ3v) is 7.29. The highest BCUT2D eigenvalue weighted by Gasteiger charge is 2.42. The fourth-order valence-corrected chi connectivity index (χ4v) is 5.74. The highest BCUT2D eigenvalue weighted by atomic mass is 16.2. The molecule has 8 nitrogen and oxygen atoms in total. The lowest BCUT2D eigenvalue weighted by atomic mass is 9.60. The lowest BCUT2D eigenvalue weighted by Crippen LogP contribution is -2.47. The largest absolute Gasteiger partial charge is 0.349 e. The van der Waals surface area contributed by atoms with Gasteiger partial charge < -0.3 is 25.3 Å². The van der Waals surface area contributed by atoms with Crippen LogP contribution < -0.4 is 10.6 Å². The van der Waals surface area contributed by atoms with Crippen molar-refractivity contribution in [3.63, 3.8) is 0 Å². The topological polar surface area (TPSA) is 85.0 Å². The molecule has 0 aromatic rings. The van der Waals surface area contributed by atoms with Crippen LogP contribution in [0.1, 0.15) is 86.0 Å². The molecule has 2 N–H and O–H groups in total. The molecule has 0 saturated heterocycles. The third kappa shape index (κ3) is 11.1. The minimum atomic E-state index is -0.0865. The standard InChI is InChI=1S/C27H53N5O3/c1-10-13-22(11-2)29-25(35)32(9)15-12-14-31(8)24(34)28-20-27(5)18-21(16-23(33)30(6)7)17-26(3,4)19-27/h21-22H,10-20H2,1-9H3,(H,28,34)(H,29,35). The van der Waals surface area contributed by atoms with E-state index in [1.54, 1.807) is 28.8 Å². The molecule has 3 atom stereocenters. The summed E-state index contributed by atoms with van der Waals surface area (Å²) in [5.41, 5.74) is 0.0993. The first-order chi connectivity index (χ1) is 16.2. The van der Waals surface area contributed by atoms with Crippen LogP contribution in [0.2, 0.25) is 0 Å². The fraction of sp³-hybridized carbons (Fsp3) is 0.889. The first kappa shape index (κ1) is 31.0. The van der Waals surface area contributed by atoms with Crippen molar-refractivity contribution in [3.05, 3.63) is 0 Å². The van der Waals surface area contributed by atoms with Crippen LogP contribution in [0, 0.1) is 16.7 Å². The monoisotopic (exact) mass is 495 g/mol. The molecule has 35 heavy (non-hydrogen) atoms. The molecule has 0 aromatic carbocycles. The van der Waals surface area contributed by atoms with Crippen LogP contribution in [0.4, 0.5) is 9.59 Å². The van der Waals surface area contributed by atoms with E-state index in [1.165, 1.54) is 0 Å². The SMILES string of the molecule is CCCC(CC)NC(=O)N(C)CCCN(C)C(=O)NCC1(C)CC(CC(=O)N(C)C)CC(C)(C)C1. The minimum Gasteiger partial charge on any atom is -0.349 e. The number of nitrogens with zero attached hydrogens (tertiary/aromatic N) is 3. The maximum atomic E-state index is 12.8. The maximum Gasteiger partial charge on any atom is 0.317 e. The summed E-state index contributed by atoms with van der Waals surface area (Å²) in [6.45, 7) is 12.8. The maximum absolute atomic E-state index is 12.8. The van der Waals surface area contributed by atoms with Crippen molar-refractivity contribution in [2.45, 2.75) is 92.0 Å². The Kier molecular flexibility index (Phi) is 12.4. The highest BCUT2D eigenvalue weighted by molar-refractivity contribution is 5.76. The van der Waals surface area contributed by atoms with Gasteiger partial charge in [-0.2, -0.15) is 0 Å². The Morgan fingerprint density at radius 1 is 0.943 bits per heavy atom. The average molecular weight is 496 g/mol. The zero-order chi connectivity index (χ0) is 26.8. The van der Waals surface area contributed by atoms with E-state index >= 15 is 0 Å². The summed E-state index contributed by atoms with van der Waals surface area (Å²) in [6.07, 6.45) is 7.25. The molecule has 1 fully saturated rings. The smallest absolute Gasteiger partial charge is 0.317 e. The minimum absolute atomic E-state index is 0.0396. The molecule has 8 heteroatoms. The normalized spacial score (nSPS) is 22.1. The van der Waals surface area contributed by atoms with Crippen molar-refractivity contribution in [3.8, 4) is 0 Å². The summed E-state index contributed by atoms with van der Waals surface area (Å²) in [6, 6.07) is 0.0827. The molecule has 0 aliphatic heterocycles. The van der Waals surface area contributed by atoms with E-state index in [4.69, 9.17) is 0 Å². The summed E-state index contributed by atoms with van der Waals surface area (Å²) < 4.78 is 0. The summed E-state index contributed by atoms with van der Waals surface area (Å²) >= 11 is 0. The molecule has 1 aliphatic rings. The Bertz CT molecular complexity index is 696. The van der Waals surface area contributed by atoms with E-state index in [0.29, 0.717) is 32.0 Å². The Morgan fingerprint density at radius 2 is 1.54 bits per heavy atom. The number of hydrogen-bond acceptors (Lipinski definition) is 3. The van der Waals surface area contributed by atoms with Crippen LogP contribution in [-0.2, 0) is 4.79 Å². The van der Waals surface area contributed by atoms with Gasteiger partial charge in [0.1, 0.15) is 0 Å². The van der Waals surface area contributed by atoms with Crippen LogP contribution in [0.25, 0.3) is 0 Å². The van der Waals surface area contributed by atoms with E-state index < -0.39 is 0 Å². The van der Waals surface area contributed by atoms with Crippen molar-refractivity contribution in [2.75, 3.05) is 47.8 Å². The van der Waals surface area contributed by atoms with Crippen LogP contribution >= 0.6 is 0 Å². The average Bonchev–Trinajstić information content (AvgIpc) is 2.75. The van der Waals surface area contributed by atoms with E-state index in [1.807, 2.05) is 14.1 Å². The van der Waals surface area contributed by atoms with E-state index in [-0.39, 0.29) is 34.8 Å². The number of carbonyl (C=O) groups excluding carboxylic acids is 3. The van der Waals surface area contributed by atoms with Gasteiger partial charge in [0.15, 0.2) is 0 Å². The first-order valence-corrected chi connectivity index (χ1v) is 13.4. The predicted molar refractivity (Wildman–Crippen MR) is 143 cm³/mol. The van der Waals surface area contributed by atoms with Crippen molar-refractivity contribution in [2.24, 2.45) is 16.7 Å². The number of rotatable bonds is 12. The van der Waals surface area contributed by atoms with Crippen molar-refractivity contribution < 1.29 is 14.4 Å². The van der Waals surface area contributed by atoms with Gasteiger partial charge in [0, 0.05) is 60.3 Å². The zero-order valence-corrected chi connectivity index (χ0v) is 24.0. The quantitative estimate of drug-likeness (QED) is 0.417. The molecule has 5 amide bonds. The van der Waals surface area contributed by atoms with Gasteiger partial charge in [-0.3, -0.25) is 4.79 Å².